The van der Waals surface area contributed by atoms with E-state index < -0.39 is 0 Å². The number of nitrogen functional groups attached to an aromatic ring is 1. The summed E-state index contributed by atoms with van der Waals surface area (Å²) in [5.41, 5.74) is 5.79. The molecule has 7 heteroatoms. The van der Waals surface area contributed by atoms with Crippen LogP contribution in [0.3, 0.4) is 0 Å². The van der Waals surface area contributed by atoms with E-state index in [0.29, 0.717) is 22.5 Å². The van der Waals surface area contributed by atoms with Crippen LogP contribution in [-0.2, 0) is 0 Å². The number of aliphatic hydroxyl groups is 1. The first-order valence-corrected chi connectivity index (χ1v) is 8.14. The lowest BCUT2D eigenvalue weighted by atomic mass is 10.1. The van der Waals surface area contributed by atoms with Gasteiger partial charge in [0.05, 0.1) is 0 Å². The van der Waals surface area contributed by atoms with Crippen molar-refractivity contribution in [3.8, 4) is 0 Å². The lowest BCUT2D eigenvalue weighted by Gasteiger charge is -2.07. The van der Waals surface area contributed by atoms with E-state index in [1.54, 1.807) is 0 Å². The normalized spacial score (nSPS) is 12.4. The molecule has 0 aliphatic rings. The molecule has 1 heterocycles. The van der Waals surface area contributed by atoms with Crippen molar-refractivity contribution in [2.75, 3.05) is 30.7 Å². The predicted octanol–water partition coefficient (Wildman–Crippen LogP) is 1.93. The summed E-state index contributed by atoms with van der Waals surface area (Å²) in [6, 6.07) is 0. The summed E-state index contributed by atoms with van der Waals surface area (Å²) in [5.74, 6) is 0.856. The van der Waals surface area contributed by atoms with Gasteiger partial charge in [-0.15, -0.1) is 0 Å². The highest BCUT2D eigenvalue weighted by Crippen LogP contribution is 2.24. The number of nitrogens with zero attached hydrogens (tertiary/aromatic N) is 1. The topological polar surface area (TPSA) is 100 Å². The number of aliphatic hydroxyl groups excluding tert-OH is 1. The molecule has 0 radical (unpaired) electrons. The van der Waals surface area contributed by atoms with E-state index in [4.69, 9.17) is 10.8 Å². The summed E-state index contributed by atoms with van der Waals surface area (Å²) in [6.07, 6.45) is 1.72. The van der Waals surface area contributed by atoms with E-state index in [9.17, 15) is 4.79 Å². The Morgan fingerprint density at radius 3 is 2.76 bits per heavy atom. The van der Waals surface area contributed by atoms with Crippen LogP contribution in [0.2, 0.25) is 0 Å². The van der Waals surface area contributed by atoms with Gasteiger partial charge in [0.15, 0.2) is 5.13 Å². The fraction of sp³-hybridized carbons (Fsp3) is 0.714. The van der Waals surface area contributed by atoms with Gasteiger partial charge in [-0.05, 0) is 24.7 Å². The molecule has 0 aromatic carbocycles. The van der Waals surface area contributed by atoms with E-state index in [1.165, 1.54) is 11.3 Å². The molecule has 0 saturated carbocycles. The van der Waals surface area contributed by atoms with Gasteiger partial charge in [-0.3, -0.25) is 4.79 Å². The van der Waals surface area contributed by atoms with Gasteiger partial charge in [-0.1, -0.05) is 32.1 Å². The molecule has 5 N–H and O–H groups in total. The summed E-state index contributed by atoms with van der Waals surface area (Å²) in [4.78, 5) is 16.7. The second-order valence-electron chi connectivity index (χ2n) is 5.69. The van der Waals surface area contributed by atoms with Crippen molar-refractivity contribution in [2.45, 2.75) is 33.6 Å². The summed E-state index contributed by atoms with van der Waals surface area (Å²) in [6.45, 7) is 7.74. The molecule has 0 aliphatic heterocycles. The molecular weight excluding hydrogens is 288 g/mol. The van der Waals surface area contributed by atoms with Crippen molar-refractivity contribution in [3.63, 3.8) is 0 Å². The van der Waals surface area contributed by atoms with E-state index in [0.717, 1.165) is 19.4 Å². The molecule has 1 aromatic rings. The van der Waals surface area contributed by atoms with Crippen molar-refractivity contribution >= 4 is 28.2 Å². The average Bonchev–Trinajstić information content (AvgIpc) is 2.82. The lowest BCUT2D eigenvalue weighted by molar-refractivity contribution is 0.0957. The van der Waals surface area contributed by atoms with Crippen LogP contribution in [0.4, 0.5) is 10.9 Å². The molecule has 1 aromatic heterocycles. The Bertz CT molecular complexity index is 448. The Hall–Kier alpha value is -1.34. The van der Waals surface area contributed by atoms with Gasteiger partial charge in [0, 0.05) is 19.7 Å². The Morgan fingerprint density at radius 2 is 2.14 bits per heavy atom. The number of thiazole rings is 1. The van der Waals surface area contributed by atoms with Gasteiger partial charge < -0.3 is 21.5 Å². The van der Waals surface area contributed by atoms with Crippen LogP contribution >= 0.6 is 11.3 Å². The van der Waals surface area contributed by atoms with E-state index in [1.807, 2.05) is 6.92 Å². The highest BCUT2D eigenvalue weighted by Gasteiger charge is 2.15. The quantitative estimate of drug-likeness (QED) is 0.522. The third-order valence-corrected chi connectivity index (χ3v) is 4.02. The van der Waals surface area contributed by atoms with Crippen molar-refractivity contribution in [1.82, 2.24) is 10.3 Å². The molecule has 0 saturated heterocycles. The lowest BCUT2D eigenvalue weighted by Crippen LogP contribution is -2.24. The molecule has 1 amide bonds. The zero-order valence-corrected chi connectivity index (χ0v) is 13.8. The maximum Gasteiger partial charge on any atom is 0.265 e. The molecule has 1 atom stereocenters. The molecule has 120 valence electrons. The van der Waals surface area contributed by atoms with Crippen LogP contribution in [0.25, 0.3) is 0 Å². The van der Waals surface area contributed by atoms with Gasteiger partial charge in [0.1, 0.15) is 10.7 Å². The van der Waals surface area contributed by atoms with Gasteiger partial charge in [-0.25, -0.2) is 4.98 Å². The zero-order valence-electron chi connectivity index (χ0n) is 13.0. The Morgan fingerprint density at radius 1 is 1.43 bits per heavy atom. The summed E-state index contributed by atoms with van der Waals surface area (Å²) in [5, 5.41) is 15.6. The van der Waals surface area contributed by atoms with Gasteiger partial charge >= 0.3 is 0 Å². The molecule has 6 nitrogen and oxygen atoms in total. The van der Waals surface area contributed by atoms with Crippen LogP contribution in [-0.4, -0.2) is 35.7 Å². The molecule has 0 bridgehead atoms. The molecular formula is C14H26N4O2S. The highest BCUT2D eigenvalue weighted by atomic mass is 32.1. The summed E-state index contributed by atoms with van der Waals surface area (Å²) < 4.78 is 0. The van der Waals surface area contributed by atoms with Crippen molar-refractivity contribution in [1.29, 1.82) is 0 Å². The molecule has 0 aliphatic carbocycles. The number of rotatable bonds is 9. The van der Waals surface area contributed by atoms with E-state index in [2.05, 4.69) is 29.5 Å². The number of hydrogen-bond donors (Lipinski definition) is 4. The number of nitrogens with two attached hydrogens (primary N) is 1. The number of hydrogen-bond acceptors (Lipinski definition) is 6. The SMILES string of the molecule is CC(C)CNc1nc(N)c(C(=O)NCCCC(C)CO)s1. The van der Waals surface area contributed by atoms with Gasteiger partial charge in [0.25, 0.3) is 5.91 Å². The Kier molecular flexibility index (Phi) is 7.45. The monoisotopic (exact) mass is 314 g/mol. The molecule has 0 fully saturated rings. The van der Waals surface area contributed by atoms with Crippen LogP contribution in [0.5, 0.6) is 0 Å². The third-order valence-electron chi connectivity index (χ3n) is 2.99. The van der Waals surface area contributed by atoms with Crippen molar-refractivity contribution in [3.05, 3.63) is 4.88 Å². The van der Waals surface area contributed by atoms with Crippen LogP contribution in [0.1, 0.15) is 43.3 Å². The number of carbonyl (C=O) groups is 1. The molecule has 1 rings (SSSR count). The number of carbonyl (C=O) groups excluding carboxylic acids is 1. The number of anilines is 2. The van der Waals surface area contributed by atoms with Crippen LogP contribution < -0.4 is 16.4 Å². The van der Waals surface area contributed by atoms with Crippen molar-refractivity contribution < 1.29 is 9.90 Å². The Labute approximate surface area is 130 Å². The van der Waals surface area contributed by atoms with E-state index >= 15 is 0 Å². The minimum Gasteiger partial charge on any atom is -0.396 e. The van der Waals surface area contributed by atoms with Gasteiger partial charge in [-0.2, -0.15) is 0 Å². The second kappa shape index (κ2) is 8.84. The minimum atomic E-state index is -0.181. The van der Waals surface area contributed by atoms with Crippen LogP contribution in [0, 0.1) is 11.8 Å². The number of amides is 1. The fourth-order valence-electron chi connectivity index (χ4n) is 1.69. The smallest absolute Gasteiger partial charge is 0.265 e. The zero-order chi connectivity index (χ0) is 15.8. The predicted molar refractivity (Wildman–Crippen MR) is 87.7 cm³/mol. The summed E-state index contributed by atoms with van der Waals surface area (Å²) in [7, 11) is 0. The van der Waals surface area contributed by atoms with Gasteiger partial charge in [0.2, 0.25) is 0 Å². The average molecular weight is 314 g/mol. The largest absolute Gasteiger partial charge is 0.396 e. The Balaban J connectivity index is 2.43. The maximum atomic E-state index is 12.0. The first-order valence-electron chi connectivity index (χ1n) is 7.33. The summed E-state index contributed by atoms with van der Waals surface area (Å²) >= 11 is 1.28. The van der Waals surface area contributed by atoms with E-state index in [-0.39, 0.29) is 24.2 Å². The number of aromatic nitrogens is 1. The first kappa shape index (κ1) is 17.7. The number of nitrogens with one attached hydrogen (secondary N) is 2. The fourth-order valence-corrected chi connectivity index (χ4v) is 2.49. The molecule has 1 unspecified atom stereocenters. The third kappa shape index (κ3) is 6.31. The highest BCUT2D eigenvalue weighted by molar-refractivity contribution is 7.18. The van der Waals surface area contributed by atoms with Crippen molar-refractivity contribution in [2.24, 2.45) is 11.8 Å². The second-order valence-corrected chi connectivity index (χ2v) is 6.69. The van der Waals surface area contributed by atoms with Crippen LogP contribution in [0.15, 0.2) is 0 Å². The standard InChI is InChI=1S/C14H26N4O2S/c1-9(2)7-17-14-18-12(15)11(21-14)13(20)16-6-4-5-10(3)8-19/h9-10,19H,4-8,15H2,1-3H3,(H,16,20)(H,17,18). The maximum absolute atomic E-state index is 12.0. The minimum absolute atomic E-state index is 0.181. The molecule has 0 spiro atoms. The first-order chi connectivity index (χ1) is 9.93. The molecule has 21 heavy (non-hydrogen) atoms.